The number of esters is 1. The first-order valence-corrected chi connectivity index (χ1v) is 7.51. The summed E-state index contributed by atoms with van der Waals surface area (Å²) >= 11 is 0. The summed E-state index contributed by atoms with van der Waals surface area (Å²) in [5.74, 6) is -0.182. The lowest BCUT2D eigenvalue weighted by Crippen LogP contribution is -2.30. The van der Waals surface area contributed by atoms with Crippen LogP contribution in [0.2, 0.25) is 0 Å². The Kier molecular flexibility index (Phi) is 5.33. The van der Waals surface area contributed by atoms with E-state index in [0.29, 0.717) is 19.7 Å². The third kappa shape index (κ3) is 3.61. The second kappa shape index (κ2) is 7.22. The summed E-state index contributed by atoms with van der Waals surface area (Å²) in [6.07, 6.45) is 0. The Bertz CT molecular complexity index is 607. The van der Waals surface area contributed by atoms with Gasteiger partial charge in [-0.05, 0) is 26.5 Å². The summed E-state index contributed by atoms with van der Waals surface area (Å²) in [5, 5.41) is 5.83. The zero-order valence-corrected chi connectivity index (χ0v) is 13.0. The minimum Gasteiger partial charge on any atom is -0.465 e. The van der Waals surface area contributed by atoms with E-state index in [0.717, 1.165) is 29.7 Å². The molecule has 0 amide bonds. The number of fused-ring (bicyclic) bond motifs is 1. The van der Waals surface area contributed by atoms with Gasteiger partial charge in [0.2, 0.25) is 0 Å². The average molecular weight is 289 g/mol. The predicted molar refractivity (Wildman–Crippen MR) is 83.0 cm³/mol. The molecule has 0 aliphatic carbocycles. The monoisotopic (exact) mass is 289 g/mol. The van der Waals surface area contributed by atoms with Gasteiger partial charge in [0.1, 0.15) is 0 Å². The summed E-state index contributed by atoms with van der Waals surface area (Å²) in [6.45, 7) is 8.95. The number of para-hydroxylation sites is 1. The lowest BCUT2D eigenvalue weighted by atomic mass is 10.2. The zero-order chi connectivity index (χ0) is 15.2. The molecule has 0 aliphatic rings. The summed E-state index contributed by atoms with van der Waals surface area (Å²) in [5.41, 5.74) is 2.15. The molecule has 0 aliphatic heterocycles. The minimum absolute atomic E-state index is 0.182. The van der Waals surface area contributed by atoms with Crippen LogP contribution in [0.3, 0.4) is 0 Å². The molecule has 0 spiro atoms. The molecule has 21 heavy (non-hydrogen) atoms. The fourth-order valence-corrected chi connectivity index (χ4v) is 2.43. The minimum atomic E-state index is -0.182. The maximum absolute atomic E-state index is 11.6. The third-order valence-corrected chi connectivity index (χ3v) is 3.51. The van der Waals surface area contributed by atoms with E-state index < -0.39 is 0 Å². The number of carbonyl (C=O) groups excluding carboxylic acids is 1. The smallest absolute Gasteiger partial charge is 0.320 e. The average Bonchev–Trinajstić information content (AvgIpc) is 2.85. The van der Waals surface area contributed by atoms with Crippen molar-refractivity contribution >= 4 is 16.9 Å². The first-order chi connectivity index (χ1) is 10.2. The lowest BCUT2D eigenvalue weighted by molar-refractivity contribution is -0.144. The molecule has 2 aromatic rings. The predicted octanol–water partition coefficient (Wildman–Crippen LogP) is 2.44. The largest absolute Gasteiger partial charge is 0.465 e. The summed E-state index contributed by atoms with van der Waals surface area (Å²) in [7, 11) is 0. The summed E-state index contributed by atoms with van der Waals surface area (Å²) < 4.78 is 7.02. The maximum Gasteiger partial charge on any atom is 0.320 e. The van der Waals surface area contributed by atoms with E-state index >= 15 is 0 Å². The second-order valence-corrected chi connectivity index (χ2v) is 4.89. The molecule has 0 radical (unpaired) electrons. The van der Waals surface area contributed by atoms with Crippen molar-refractivity contribution in [1.82, 2.24) is 14.7 Å². The normalized spacial score (nSPS) is 11.2. The van der Waals surface area contributed by atoms with Gasteiger partial charge in [-0.15, -0.1) is 0 Å². The first-order valence-electron chi connectivity index (χ1n) is 7.51. The molecule has 5 heteroatoms. The number of ether oxygens (including phenoxy) is 1. The third-order valence-electron chi connectivity index (χ3n) is 3.51. The Morgan fingerprint density at radius 1 is 1.29 bits per heavy atom. The van der Waals surface area contributed by atoms with E-state index in [1.807, 2.05) is 35.6 Å². The van der Waals surface area contributed by atoms with Crippen LogP contribution in [-0.2, 0) is 22.6 Å². The molecular weight excluding hydrogens is 266 g/mol. The Morgan fingerprint density at radius 3 is 2.71 bits per heavy atom. The van der Waals surface area contributed by atoms with Gasteiger partial charge in [-0.3, -0.25) is 14.4 Å². The Morgan fingerprint density at radius 2 is 2.05 bits per heavy atom. The van der Waals surface area contributed by atoms with Gasteiger partial charge in [0, 0.05) is 18.5 Å². The molecule has 5 nitrogen and oxygen atoms in total. The van der Waals surface area contributed by atoms with Gasteiger partial charge in [0.05, 0.1) is 24.4 Å². The maximum atomic E-state index is 11.6. The SMILES string of the molecule is CCOC(=O)CN(CC)Cc1nn(CC)c2ccccc12. The first kappa shape index (κ1) is 15.5. The number of likely N-dealkylation sites (N-methyl/N-ethyl adjacent to an activating group) is 1. The highest BCUT2D eigenvalue weighted by molar-refractivity contribution is 5.82. The van der Waals surface area contributed by atoms with Crippen molar-refractivity contribution in [3.8, 4) is 0 Å². The topological polar surface area (TPSA) is 47.4 Å². The molecule has 0 atom stereocenters. The van der Waals surface area contributed by atoms with Crippen LogP contribution in [0.15, 0.2) is 24.3 Å². The van der Waals surface area contributed by atoms with Crippen molar-refractivity contribution < 1.29 is 9.53 Å². The molecule has 0 saturated heterocycles. The summed E-state index contributed by atoms with van der Waals surface area (Å²) in [6, 6.07) is 8.21. The van der Waals surface area contributed by atoms with Crippen LogP contribution in [0.4, 0.5) is 0 Å². The lowest BCUT2D eigenvalue weighted by Gasteiger charge is -2.18. The number of hydrogen-bond donors (Lipinski definition) is 0. The number of nitrogens with zero attached hydrogens (tertiary/aromatic N) is 3. The van der Waals surface area contributed by atoms with Gasteiger partial charge in [-0.1, -0.05) is 25.1 Å². The van der Waals surface area contributed by atoms with Crippen molar-refractivity contribution in [2.75, 3.05) is 19.7 Å². The van der Waals surface area contributed by atoms with Gasteiger partial charge in [-0.25, -0.2) is 0 Å². The fraction of sp³-hybridized carbons (Fsp3) is 0.500. The van der Waals surface area contributed by atoms with Crippen molar-refractivity contribution in [3.05, 3.63) is 30.0 Å². The van der Waals surface area contributed by atoms with Gasteiger partial charge in [-0.2, -0.15) is 5.10 Å². The number of carbonyl (C=O) groups is 1. The van der Waals surface area contributed by atoms with E-state index in [-0.39, 0.29) is 5.97 Å². The van der Waals surface area contributed by atoms with Crippen LogP contribution < -0.4 is 0 Å². The number of hydrogen-bond acceptors (Lipinski definition) is 4. The molecule has 2 rings (SSSR count). The van der Waals surface area contributed by atoms with E-state index in [1.165, 1.54) is 0 Å². The number of aryl methyl sites for hydroxylation is 1. The van der Waals surface area contributed by atoms with Gasteiger partial charge < -0.3 is 4.74 Å². The Labute approximate surface area is 125 Å². The number of rotatable bonds is 7. The summed E-state index contributed by atoms with van der Waals surface area (Å²) in [4.78, 5) is 13.7. The molecule has 1 heterocycles. The second-order valence-electron chi connectivity index (χ2n) is 4.89. The number of benzene rings is 1. The molecule has 0 bridgehead atoms. The van der Waals surface area contributed by atoms with Gasteiger partial charge in [0.15, 0.2) is 0 Å². The van der Waals surface area contributed by atoms with Crippen molar-refractivity contribution in [2.45, 2.75) is 33.9 Å². The quantitative estimate of drug-likeness (QED) is 0.735. The van der Waals surface area contributed by atoms with Crippen LogP contribution in [-0.4, -0.2) is 40.3 Å². The molecule has 0 N–H and O–H groups in total. The molecule has 1 aromatic heterocycles. The molecule has 0 saturated carbocycles. The van der Waals surface area contributed by atoms with Crippen LogP contribution in [0.5, 0.6) is 0 Å². The number of aromatic nitrogens is 2. The highest BCUT2D eigenvalue weighted by atomic mass is 16.5. The van der Waals surface area contributed by atoms with Crippen molar-refractivity contribution in [2.24, 2.45) is 0 Å². The van der Waals surface area contributed by atoms with E-state index in [9.17, 15) is 4.79 Å². The van der Waals surface area contributed by atoms with Gasteiger partial charge in [0.25, 0.3) is 0 Å². The highest BCUT2D eigenvalue weighted by Crippen LogP contribution is 2.19. The molecule has 0 unspecified atom stereocenters. The molecule has 1 aromatic carbocycles. The van der Waals surface area contributed by atoms with E-state index in [1.54, 1.807) is 0 Å². The van der Waals surface area contributed by atoms with E-state index in [2.05, 4.69) is 24.2 Å². The molecule has 114 valence electrons. The van der Waals surface area contributed by atoms with Crippen LogP contribution >= 0.6 is 0 Å². The standard InChI is InChI=1S/C16H23N3O2/c1-4-18(12-16(20)21-6-3)11-14-13-9-7-8-10-15(13)19(5-2)17-14/h7-10H,4-6,11-12H2,1-3H3. The van der Waals surface area contributed by atoms with Crippen LogP contribution in [0.1, 0.15) is 26.5 Å². The van der Waals surface area contributed by atoms with Gasteiger partial charge >= 0.3 is 5.97 Å². The van der Waals surface area contributed by atoms with Crippen molar-refractivity contribution in [1.29, 1.82) is 0 Å². The molecule has 0 fully saturated rings. The Hall–Kier alpha value is -1.88. The zero-order valence-electron chi connectivity index (χ0n) is 13.0. The van der Waals surface area contributed by atoms with Crippen molar-refractivity contribution in [3.63, 3.8) is 0 Å². The molecular formula is C16H23N3O2. The van der Waals surface area contributed by atoms with Crippen LogP contribution in [0, 0.1) is 0 Å². The highest BCUT2D eigenvalue weighted by Gasteiger charge is 2.15. The Balaban J connectivity index is 2.19. The fourth-order valence-electron chi connectivity index (χ4n) is 2.43. The van der Waals surface area contributed by atoms with Crippen LogP contribution in [0.25, 0.3) is 10.9 Å². The van der Waals surface area contributed by atoms with E-state index in [4.69, 9.17) is 4.74 Å².